The Kier molecular flexibility index (Phi) is 4.24. The Morgan fingerprint density at radius 3 is 2.88 bits per heavy atom. The van der Waals surface area contributed by atoms with Crippen molar-refractivity contribution in [1.29, 1.82) is 0 Å². The average molecular weight is 243 g/mol. The molecule has 2 N–H and O–H groups in total. The molecular weight excluding hydrogens is 230 g/mol. The third kappa shape index (κ3) is 3.20. The van der Waals surface area contributed by atoms with E-state index in [-0.39, 0.29) is 0 Å². The second kappa shape index (κ2) is 5.45. The van der Waals surface area contributed by atoms with Crippen molar-refractivity contribution in [3.63, 3.8) is 0 Å². The summed E-state index contributed by atoms with van der Waals surface area (Å²) in [5.74, 6) is -1.03. The molecule has 0 aliphatic carbocycles. The maximum absolute atomic E-state index is 11.5. The highest BCUT2D eigenvalue weighted by Gasteiger charge is 2.21. The molecule has 1 aromatic rings. The van der Waals surface area contributed by atoms with Crippen molar-refractivity contribution in [2.45, 2.75) is 19.5 Å². The van der Waals surface area contributed by atoms with Crippen LogP contribution in [-0.4, -0.2) is 40.1 Å². The lowest BCUT2D eigenvalue weighted by Gasteiger charge is -2.21. The third-order valence-electron chi connectivity index (χ3n) is 2.16. The van der Waals surface area contributed by atoms with E-state index >= 15 is 0 Å². The smallest absolute Gasteiger partial charge is 0.326 e. The number of amides is 2. The first-order valence-electron chi connectivity index (χ1n) is 4.63. The maximum Gasteiger partial charge on any atom is 0.326 e. The van der Waals surface area contributed by atoms with Gasteiger partial charge in [0, 0.05) is 18.1 Å². The summed E-state index contributed by atoms with van der Waals surface area (Å²) in [5, 5.41) is 11.3. The highest BCUT2D eigenvalue weighted by Crippen LogP contribution is 2.05. The van der Waals surface area contributed by atoms with Crippen LogP contribution in [-0.2, 0) is 11.3 Å². The van der Waals surface area contributed by atoms with E-state index in [0.29, 0.717) is 6.54 Å². The summed E-state index contributed by atoms with van der Waals surface area (Å²) < 4.78 is 0. The summed E-state index contributed by atoms with van der Waals surface area (Å²) >= 11 is 1.43. The number of aromatic nitrogens is 1. The Morgan fingerprint density at radius 1 is 1.69 bits per heavy atom. The van der Waals surface area contributed by atoms with Crippen molar-refractivity contribution in [3.05, 3.63) is 16.6 Å². The predicted octanol–water partition coefficient (Wildman–Crippen LogP) is 0.758. The van der Waals surface area contributed by atoms with Crippen LogP contribution in [0.1, 0.15) is 11.8 Å². The third-order valence-corrected chi connectivity index (χ3v) is 2.94. The summed E-state index contributed by atoms with van der Waals surface area (Å²) in [4.78, 5) is 28.1. The van der Waals surface area contributed by atoms with E-state index in [0.717, 1.165) is 9.78 Å². The van der Waals surface area contributed by atoms with Crippen molar-refractivity contribution in [2.24, 2.45) is 0 Å². The van der Waals surface area contributed by atoms with Gasteiger partial charge in [0.2, 0.25) is 0 Å². The molecule has 1 aromatic heterocycles. The molecule has 88 valence electrons. The van der Waals surface area contributed by atoms with Crippen molar-refractivity contribution in [3.8, 4) is 0 Å². The van der Waals surface area contributed by atoms with Crippen molar-refractivity contribution < 1.29 is 14.7 Å². The predicted molar refractivity (Wildman–Crippen MR) is 59.2 cm³/mol. The second-order valence-electron chi connectivity index (χ2n) is 3.25. The van der Waals surface area contributed by atoms with Crippen LogP contribution in [0.4, 0.5) is 4.79 Å². The first-order chi connectivity index (χ1) is 7.52. The summed E-state index contributed by atoms with van der Waals surface area (Å²) in [7, 11) is 1.45. The van der Waals surface area contributed by atoms with E-state index in [1.54, 1.807) is 11.7 Å². The number of likely N-dealkylation sites (N-methyl/N-ethyl adjacent to an activating group) is 1. The highest BCUT2D eigenvalue weighted by atomic mass is 32.1. The number of nitrogens with zero attached hydrogens (tertiary/aromatic N) is 2. The molecule has 0 radical (unpaired) electrons. The number of thiazole rings is 1. The van der Waals surface area contributed by atoms with Gasteiger partial charge in [0.1, 0.15) is 6.04 Å². The molecule has 7 heteroatoms. The van der Waals surface area contributed by atoms with E-state index in [1.165, 1.54) is 25.3 Å². The molecule has 1 rings (SSSR count). The average Bonchev–Trinajstić information content (AvgIpc) is 2.76. The fourth-order valence-electron chi connectivity index (χ4n) is 0.958. The molecule has 0 spiro atoms. The van der Waals surface area contributed by atoms with Crippen molar-refractivity contribution in [2.75, 3.05) is 7.05 Å². The molecule has 0 saturated carbocycles. The number of carbonyl (C=O) groups excluding carboxylic acids is 1. The minimum absolute atomic E-state index is 0.361. The summed E-state index contributed by atoms with van der Waals surface area (Å²) in [6, 6.07) is -1.26. The standard InChI is InChI=1S/C9H13N3O3S/c1-6(8(13)14)12(2)9(15)11-4-7-3-10-5-16-7/h3,5-6H,4H2,1-2H3,(H,11,15)(H,13,14). The van der Waals surface area contributed by atoms with Gasteiger partial charge in [-0.1, -0.05) is 0 Å². The van der Waals surface area contributed by atoms with Gasteiger partial charge in [-0.05, 0) is 6.92 Å². The zero-order valence-electron chi connectivity index (χ0n) is 9.01. The fourth-order valence-corrected chi connectivity index (χ4v) is 1.49. The number of carboxylic acids is 1. The summed E-state index contributed by atoms with van der Waals surface area (Å²) in [6.07, 6.45) is 1.66. The first-order valence-corrected chi connectivity index (χ1v) is 5.51. The lowest BCUT2D eigenvalue weighted by Crippen LogP contribution is -2.45. The minimum atomic E-state index is -1.03. The zero-order chi connectivity index (χ0) is 12.1. The lowest BCUT2D eigenvalue weighted by atomic mass is 10.3. The molecular formula is C9H13N3O3S. The molecule has 0 saturated heterocycles. The SMILES string of the molecule is CC(C(=O)O)N(C)C(=O)NCc1cncs1. The minimum Gasteiger partial charge on any atom is -0.480 e. The van der Waals surface area contributed by atoms with E-state index in [9.17, 15) is 9.59 Å². The number of rotatable bonds is 4. The molecule has 0 bridgehead atoms. The van der Waals surface area contributed by atoms with Crippen LogP contribution in [0.5, 0.6) is 0 Å². The molecule has 0 aromatic carbocycles. The van der Waals surface area contributed by atoms with Crippen LogP contribution >= 0.6 is 11.3 Å². The Balaban J connectivity index is 2.43. The van der Waals surface area contributed by atoms with Crippen LogP contribution in [0.25, 0.3) is 0 Å². The van der Waals surface area contributed by atoms with Gasteiger partial charge in [0.15, 0.2) is 0 Å². The zero-order valence-corrected chi connectivity index (χ0v) is 9.82. The summed E-state index contributed by atoms with van der Waals surface area (Å²) in [6.45, 7) is 1.81. The molecule has 0 aliphatic heterocycles. The number of urea groups is 1. The quantitative estimate of drug-likeness (QED) is 0.817. The van der Waals surface area contributed by atoms with Crippen molar-refractivity contribution >= 4 is 23.3 Å². The Morgan fingerprint density at radius 2 is 2.38 bits per heavy atom. The van der Waals surface area contributed by atoms with Crippen LogP contribution in [0.2, 0.25) is 0 Å². The maximum atomic E-state index is 11.5. The van der Waals surface area contributed by atoms with Gasteiger partial charge in [-0.2, -0.15) is 0 Å². The van der Waals surface area contributed by atoms with Gasteiger partial charge in [-0.25, -0.2) is 9.59 Å². The van der Waals surface area contributed by atoms with Gasteiger partial charge in [-0.15, -0.1) is 11.3 Å². The molecule has 0 fully saturated rings. The molecule has 1 heterocycles. The lowest BCUT2D eigenvalue weighted by molar-refractivity contribution is -0.141. The molecule has 1 unspecified atom stereocenters. The van der Waals surface area contributed by atoms with E-state index in [2.05, 4.69) is 10.3 Å². The van der Waals surface area contributed by atoms with Gasteiger partial charge >= 0.3 is 12.0 Å². The van der Waals surface area contributed by atoms with Crippen molar-refractivity contribution in [1.82, 2.24) is 15.2 Å². The fraction of sp³-hybridized carbons (Fsp3) is 0.444. The van der Waals surface area contributed by atoms with E-state index in [4.69, 9.17) is 5.11 Å². The number of carbonyl (C=O) groups is 2. The highest BCUT2D eigenvalue weighted by molar-refractivity contribution is 7.09. The van der Waals surface area contributed by atoms with Gasteiger partial charge in [0.25, 0.3) is 0 Å². The number of nitrogens with one attached hydrogen (secondary N) is 1. The van der Waals surface area contributed by atoms with E-state index < -0.39 is 18.0 Å². The summed E-state index contributed by atoms with van der Waals surface area (Å²) in [5.41, 5.74) is 1.67. The number of aliphatic carboxylic acids is 1. The molecule has 1 atom stereocenters. The van der Waals surface area contributed by atoms with Crippen LogP contribution < -0.4 is 5.32 Å². The molecule has 2 amide bonds. The molecule has 16 heavy (non-hydrogen) atoms. The Hall–Kier alpha value is -1.63. The molecule has 0 aliphatic rings. The number of carboxylic acid groups (broad SMARTS) is 1. The monoisotopic (exact) mass is 243 g/mol. The normalized spacial score (nSPS) is 11.9. The first kappa shape index (κ1) is 12.4. The van der Waals surface area contributed by atoms with Crippen LogP contribution in [0.3, 0.4) is 0 Å². The topological polar surface area (TPSA) is 82.5 Å². The largest absolute Gasteiger partial charge is 0.480 e. The van der Waals surface area contributed by atoms with Gasteiger partial charge in [0.05, 0.1) is 12.1 Å². The number of hydrogen-bond donors (Lipinski definition) is 2. The van der Waals surface area contributed by atoms with Crippen LogP contribution in [0.15, 0.2) is 11.7 Å². The molecule has 6 nitrogen and oxygen atoms in total. The Bertz CT molecular complexity index is 366. The van der Waals surface area contributed by atoms with Gasteiger partial charge in [-0.3, -0.25) is 4.98 Å². The van der Waals surface area contributed by atoms with Gasteiger partial charge < -0.3 is 15.3 Å². The van der Waals surface area contributed by atoms with E-state index in [1.807, 2.05) is 0 Å². The Labute approximate surface area is 96.9 Å². The number of hydrogen-bond acceptors (Lipinski definition) is 4. The second-order valence-corrected chi connectivity index (χ2v) is 4.22. The van der Waals surface area contributed by atoms with Crippen LogP contribution in [0, 0.1) is 0 Å².